The quantitative estimate of drug-likeness (QED) is 0.767. The van der Waals surface area contributed by atoms with Gasteiger partial charge in [-0.25, -0.2) is 8.42 Å². The van der Waals surface area contributed by atoms with E-state index < -0.39 is 15.9 Å². The molecule has 0 unspecified atom stereocenters. The normalized spacial score (nSPS) is 23.9. The second kappa shape index (κ2) is 6.77. The first-order chi connectivity index (χ1) is 9.85. The van der Waals surface area contributed by atoms with Crippen LogP contribution >= 0.6 is 0 Å². The molecule has 2 N–H and O–H groups in total. The van der Waals surface area contributed by atoms with Gasteiger partial charge < -0.3 is 10.6 Å². The lowest BCUT2D eigenvalue weighted by molar-refractivity contribution is -0.129. The number of hydrogen-bond acceptors (Lipinski definition) is 4. The molecule has 1 aliphatic carbocycles. The number of sulfone groups is 1. The average molecular weight is 316 g/mol. The molecule has 0 spiro atoms. The van der Waals surface area contributed by atoms with Crippen LogP contribution in [0.5, 0.6) is 0 Å². The van der Waals surface area contributed by atoms with Crippen molar-refractivity contribution in [1.29, 1.82) is 0 Å². The molecule has 0 radical (unpaired) electrons. The standard InChI is InChI=1S/C14H24N2O4S/c1-10(17)15-13(9-11-3-2-4-11)14(18)16-12-5-7-21(19,20)8-6-12/h11-13H,2-9H2,1H3,(H,15,17)(H,16,18)/t13-/m1/s1. The van der Waals surface area contributed by atoms with Crippen molar-refractivity contribution in [2.75, 3.05) is 11.5 Å². The topological polar surface area (TPSA) is 92.3 Å². The number of hydrogen-bond donors (Lipinski definition) is 2. The Kier molecular flexibility index (Phi) is 5.24. The molecule has 1 saturated heterocycles. The molecule has 1 atom stereocenters. The third-order valence-corrected chi connectivity index (χ3v) is 6.10. The highest BCUT2D eigenvalue weighted by Gasteiger charge is 2.30. The Hall–Kier alpha value is -1.11. The molecule has 7 heteroatoms. The van der Waals surface area contributed by atoms with Crippen molar-refractivity contribution >= 4 is 21.7 Å². The Morgan fingerprint density at radius 3 is 2.24 bits per heavy atom. The van der Waals surface area contributed by atoms with Crippen LogP contribution in [0.25, 0.3) is 0 Å². The van der Waals surface area contributed by atoms with Gasteiger partial charge in [0, 0.05) is 13.0 Å². The van der Waals surface area contributed by atoms with Crippen LogP contribution in [0.15, 0.2) is 0 Å². The SMILES string of the molecule is CC(=O)N[C@H](CC1CCC1)C(=O)NC1CCS(=O)(=O)CC1. The lowest BCUT2D eigenvalue weighted by Gasteiger charge is -2.31. The fraction of sp³-hybridized carbons (Fsp3) is 0.857. The summed E-state index contributed by atoms with van der Waals surface area (Å²) < 4.78 is 22.8. The molecule has 120 valence electrons. The molecule has 2 fully saturated rings. The van der Waals surface area contributed by atoms with Crippen LogP contribution in [-0.2, 0) is 19.4 Å². The highest BCUT2D eigenvalue weighted by molar-refractivity contribution is 7.91. The van der Waals surface area contributed by atoms with Crippen molar-refractivity contribution < 1.29 is 18.0 Å². The zero-order valence-corrected chi connectivity index (χ0v) is 13.2. The fourth-order valence-electron chi connectivity index (χ4n) is 2.87. The first-order valence-electron chi connectivity index (χ1n) is 7.63. The van der Waals surface area contributed by atoms with Crippen molar-refractivity contribution in [2.45, 2.75) is 57.5 Å². The molecule has 0 aromatic heterocycles. The van der Waals surface area contributed by atoms with Gasteiger partial charge in [0.25, 0.3) is 0 Å². The van der Waals surface area contributed by atoms with E-state index >= 15 is 0 Å². The number of amides is 2. The second-order valence-corrected chi connectivity index (χ2v) is 8.52. The van der Waals surface area contributed by atoms with Gasteiger partial charge in [-0.05, 0) is 25.2 Å². The van der Waals surface area contributed by atoms with Crippen LogP contribution < -0.4 is 10.6 Å². The number of nitrogens with one attached hydrogen (secondary N) is 2. The zero-order chi connectivity index (χ0) is 15.5. The lowest BCUT2D eigenvalue weighted by atomic mass is 9.80. The first kappa shape index (κ1) is 16.3. The maximum absolute atomic E-state index is 12.3. The van der Waals surface area contributed by atoms with Crippen molar-refractivity contribution in [3.63, 3.8) is 0 Å². The predicted molar refractivity (Wildman–Crippen MR) is 79.4 cm³/mol. The van der Waals surface area contributed by atoms with Crippen LogP contribution in [0.3, 0.4) is 0 Å². The zero-order valence-electron chi connectivity index (χ0n) is 12.4. The molecule has 0 bridgehead atoms. The highest BCUT2D eigenvalue weighted by atomic mass is 32.2. The highest BCUT2D eigenvalue weighted by Crippen LogP contribution is 2.30. The van der Waals surface area contributed by atoms with Crippen molar-refractivity contribution in [3.8, 4) is 0 Å². The van der Waals surface area contributed by atoms with Crippen molar-refractivity contribution in [3.05, 3.63) is 0 Å². The largest absolute Gasteiger partial charge is 0.352 e. The van der Waals surface area contributed by atoms with Gasteiger partial charge >= 0.3 is 0 Å². The maximum atomic E-state index is 12.3. The van der Waals surface area contributed by atoms with Gasteiger partial charge in [0.05, 0.1) is 11.5 Å². The summed E-state index contributed by atoms with van der Waals surface area (Å²) in [5.41, 5.74) is 0. The molecular weight excluding hydrogens is 292 g/mol. The van der Waals surface area contributed by atoms with Gasteiger partial charge in [-0.2, -0.15) is 0 Å². The van der Waals surface area contributed by atoms with Gasteiger partial charge in [-0.1, -0.05) is 19.3 Å². The lowest BCUT2D eigenvalue weighted by Crippen LogP contribution is -2.51. The van der Waals surface area contributed by atoms with Crippen molar-refractivity contribution in [1.82, 2.24) is 10.6 Å². The molecule has 0 aromatic carbocycles. The molecule has 0 aromatic rings. The van der Waals surface area contributed by atoms with E-state index in [1.165, 1.54) is 13.3 Å². The van der Waals surface area contributed by atoms with Crippen LogP contribution in [0, 0.1) is 5.92 Å². The van der Waals surface area contributed by atoms with Crippen LogP contribution in [0.1, 0.15) is 45.4 Å². The van der Waals surface area contributed by atoms with E-state index in [0.29, 0.717) is 25.2 Å². The minimum atomic E-state index is -2.93. The van der Waals surface area contributed by atoms with E-state index in [2.05, 4.69) is 10.6 Å². The summed E-state index contributed by atoms with van der Waals surface area (Å²) in [5.74, 6) is 0.387. The van der Waals surface area contributed by atoms with E-state index in [4.69, 9.17) is 0 Å². The Balaban J connectivity index is 1.86. The molecule has 1 aliphatic heterocycles. The molecule has 2 rings (SSSR count). The predicted octanol–water partition coefficient (Wildman–Crippen LogP) is 0.375. The fourth-order valence-corrected chi connectivity index (χ4v) is 4.37. The van der Waals surface area contributed by atoms with E-state index in [1.807, 2.05) is 0 Å². The summed E-state index contributed by atoms with van der Waals surface area (Å²) in [6.45, 7) is 1.41. The molecular formula is C14H24N2O4S. The van der Waals surface area contributed by atoms with E-state index in [0.717, 1.165) is 12.8 Å². The first-order valence-corrected chi connectivity index (χ1v) is 9.46. The van der Waals surface area contributed by atoms with E-state index in [9.17, 15) is 18.0 Å². The number of carbonyl (C=O) groups excluding carboxylic acids is 2. The molecule has 1 saturated carbocycles. The third-order valence-electron chi connectivity index (χ3n) is 4.39. The second-order valence-electron chi connectivity index (χ2n) is 6.22. The minimum Gasteiger partial charge on any atom is -0.352 e. The summed E-state index contributed by atoms with van der Waals surface area (Å²) in [5, 5.41) is 5.61. The Morgan fingerprint density at radius 1 is 1.14 bits per heavy atom. The summed E-state index contributed by atoms with van der Waals surface area (Å²) >= 11 is 0. The molecule has 2 amide bonds. The smallest absolute Gasteiger partial charge is 0.242 e. The summed E-state index contributed by atoms with van der Waals surface area (Å²) in [6.07, 6.45) is 5.03. The van der Waals surface area contributed by atoms with E-state index in [-0.39, 0.29) is 29.4 Å². The van der Waals surface area contributed by atoms with Crippen LogP contribution in [0.2, 0.25) is 0 Å². The molecule has 21 heavy (non-hydrogen) atoms. The summed E-state index contributed by atoms with van der Waals surface area (Å²) in [7, 11) is -2.93. The van der Waals surface area contributed by atoms with Gasteiger partial charge in [-0.15, -0.1) is 0 Å². The molecule has 1 heterocycles. The maximum Gasteiger partial charge on any atom is 0.242 e. The molecule has 2 aliphatic rings. The van der Waals surface area contributed by atoms with E-state index in [1.54, 1.807) is 0 Å². The third kappa shape index (κ3) is 4.98. The van der Waals surface area contributed by atoms with Crippen molar-refractivity contribution in [2.24, 2.45) is 5.92 Å². The Labute approximate surface area is 126 Å². The van der Waals surface area contributed by atoms with Crippen LogP contribution in [0.4, 0.5) is 0 Å². The van der Waals surface area contributed by atoms with Gasteiger partial charge in [-0.3, -0.25) is 9.59 Å². The van der Waals surface area contributed by atoms with Gasteiger partial charge in [0.1, 0.15) is 15.9 Å². The summed E-state index contributed by atoms with van der Waals surface area (Å²) in [4.78, 5) is 23.6. The number of rotatable bonds is 5. The van der Waals surface area contributed by atoms with Crippen LogP contribution in [-0.4, -0.2) is 43.8 Å². The number of carbonyl (C=O) groups is 2. The summed E-state index contributed by atoms with van der Waals surface area (Å²) in [6, 6.07) is -0.593. The Bertz CT molecular complexity index is 485. The van der Waals surface area contributed by atoms with Gasteiger partial charge in [0.15, 0.2) is 0 Å². The van der Waals surface area contributed by atoms with Gasteiger partial charge in [0.2, 0.25) is 11.8 Å². The average Bonchev–Trinajstić information content (AvgIpc) is 2.34. The minimum absolute atomic E-state index is 0.0985. The molecule has 6 nitrogen and oxygen atoms in total. The Morgan fingerprint density at radius 2 is 1.76 bits per heavy atom. The monoisotopic (exact) mass is 316 g/mol.